The molecular weight excluding hydrogens is 164 g/mol. The molecule has 0 aromatic carbocycles. The second kappa shape index (κ2) is 4.70. The van der Waals surface area contributed by atoms with Gasteiger partial charge in [-0.2, -0.15) is 0 Å². The predicted molar refractivity (Wildman–Crippen MR) is 59.8 cm³/mol. The molecule has 0 rings (SSSR count). The molecule has 0 saturated carbocycles. The van der Waals surface area contributed by atoms with Crippen LogP contribution in [0.1, 0.15) is 27.2 Å². The van der Waals surface area contributed by atoms with E-state index >= 15 is 0 Å². The van der Waals surface area contributed by atoms with Gasteiger partial charge < -0.3 is 10.4 Å². The minimum Gasteiger partial charge on any atom is -0.481 e. The summed E-state index contributed by atoms with van der Waals surface area (Å²) in [5.74, 6) is -0.331. The third-order valence-electron chi connectivity index (χ3n) is 2.01. The zero-order valence-corrected chi connectivity index (χ0v) is 9.22. The molecule has 0 amide bonds. The van der Waals surface area contributed by atoms with Crippen LogP contribution in [0.5, 0.6) is 0 Å². The molecule has 5 heteroatoms. The first kappa shape index (κ1) is 12.6. The van der Waals surface area contributed by atoms with Gasteiger partial charge in [0.1, 0.15) is 15.7 Å². The van der Waals surface area contributed by atoms with Crippen LogP contribution in [0.2, 0.25) is 5.82 Å². The van der Waals surface area contributed by atoms with Crippen LogP contribution in [0.25, 0.3) is 0 Å². The van der Waals surface area contributed by atoms with E-state index in [1.54, 1.807) is 0 Å². The number of carboxylic acids is 1. The van der Waals surface area contributed by atoms with Gasteiger partial charge in [0.05, 0.1) is 0 Å². The van der Waals surface area contributed by atoms with Gasteiger partial charge >= 0.3 is 5.97 Å². The summed E-state index contributed by atoms with van der Waals surface area (Å²) in [5.41, 5.74) is 0.0478. The van der Waals surface area contributed by atoms with Crippen molar-refractivity contribution in [3.63, 3.8) is 0 Å². The Hall–Kier alpha value is -0.440. The number of aliphatic carboxylic acids is 1. The Bertz CT molecular complexity index is 179. The zero-order valence-electron chi connectivity index (χ0n) is 9.22. The molecule has 0 bridgehead atoms. The van der Waals surface area contributed by atoms with E-state index in [0.717, 1.165) is 0 Å². The molecule has 2 atom stereocenters. The lowest BCUT2D eigenvalue weighted by Crippen LogP contribution is -2.46. The molecule has 0 aliphatic rings. The van der Waals surface area contributed by atoms with E-state index in [0.29, 0.717) is 0 Å². The van der Waals surface area contributed by atoms with Crippen LogP contribution >= 0.6 is 0 Å². The molecule has 74 valence electrons. The minimum atomic E-state index is -0.727. The van der Waals surface area contributed by atoms with Crippen molar-refractivity contribution < 1.29 is 9.90 Å². The van der Waals surface area contributed by atoms with E-state index in [4.69, 9.17) is 5.11 Å². The number of carboxylic acid groups (broad SMARTS) is 1. The molecule has 0 aromatic rings. The van der Waals surface area contributed by atoms with Gasteiger partial charge in [-0.1, -0.05) is 5.82 Å². The smallest absolute Gasteiger partial charge is 0.302 e. The SMILES string of the molecule is BC(CC(=O)O)C(B)NC(C)(C)C. The molecule has 13 heavy (non-hydrogen) atoms. The Morgan fingerprint density at radius 1 is 1.46 bits per heavy atom. The molecule has 0 aliphatic heterocycles. The summed E-state index contributed by atoms with van der Waals surface area (Å²) >= 11 is 0. The Labute approximate surface area is 82.1 Å². The topological polar surface area (TPSA) is 49.3 Å². The second-order valence-electron chi connectivity index (χ2n) is 4.76. The van der Waals surface area contributed by atoms with Crippen molar-refractivity contribution >= 4 is 21.7 Å². The fourth-order valence-electron chi connectivity index (χ4n) is 1.28. The molecule has 0 heterocycles. The number of carbonyl (C=O) groups is 1. The number of hydrogen-bond donors (Lipinski definition) is 2. The van der Waals surface area contributed by atoms with E-state index in [1.165, 1.54) is 0 Å². The number of nitrogens with one attached hydrogen (secondary N) is 1. The van der Waals surface area contributed by atoms with Gasteiger partial charge in [-0.3, -0.25) is 4.79 Å². The van der Waals surface area contributed by atoms with E-state index in [2.05, 4.69) is 26.1 Å². The fourth-order valence-corrected chi connectivity index (χ4v) is 1.28. The maximum absolute atomic E-state index is 10.5. The van der Waals surface area contributed by atoms with Gasteiger partial charge in [-0.05, 0) is 26.7 Å². The van der Waals surface area contributed by atoms with Gasteiger partial charge in [0.15, 0.2) is 0 Å². The predicted octanol–water partition coefficient (Wildman–Crippen LogP) is -0.770. The number of rotatable bonds is 4. The van der Waals surface area contributed by atoms with Crippen molar-refractivity contribution in [1.29, 1.82) is 0 Å². The molecule has 2 unspecified atom stereocenters. The third kappa shape index (κ3) is 6.70. The third-order valence-corrected chi connectivity index (χ3v) is 2.01. The molecule has 0 aliphatic carbocycles. The van der Waals surface area contributed by atoms with Crippen LogP contribution in [0.3, 0.4) is 0 Å². The van der Waals surface area contributed by atoms with Crippen LogP contribution in [0.15, 0.2) is 0 Å². The van der Waals surface area contributed by atoms with Crippen molar-refractivity contribution in [1.82, 2.24) is 5.32 Å². The van der Waals surface area contributed by atoms with Crippen molar-refractivity contribution in [2.75, 3.05) is 0 Å². The average Bonchev–Trinajstić information content (AvgIpc) is 1.81. The summed E-state index contributed by atoms with van der Waals surface area (Å²) in [6, 6.07) is 0. The van der Waals surface area contributed by atoms with Crippen LogP contribution < -0.4 is 5.32 Å². The molecule has 0 radical (unpaired) electrons. The first-order valence-corrected chi connectivity index (χ1v) is 4.72. The van der Waals surface area contributed by atoms with Crippen molar-refractivity contribution in [2.24, 2.45) is 0 Å². The molecule has 0 aromatic heterocycles. The van der Waals surface area contributed by atoms with Crippen molar-refractivity contribution in [2.45, 2.75) is 44.5 Å². The highest BCUT2D eigenvalue weighted by Gasteiger charge is 2.20. The normalized spacial score (nSPS) is 16.5. The number of hydrogen-bond acceptors (Lipinski definition) is 2. The highest BCUT2D eigenvalue weighted by atomic mass is 16.4. The maximum Gasteiger partial charge on any atom is 0.302 e. The average molecular weight is 183 g/mol. The molecular formula is C8H19B2NO2. The lowest BCUT2D eigenvalue weighted by Gasteiger charge is -2.29. The highest BCUT2D eigenvalue weighted by Crippen LogP contribution is 2.12. The lowest BCUT2D eigenvalue weighted by molar-refractivity contribution is -0.137. The standard InChI is InChI=1S/C8H19B2NO2/c1-8(2,3)11-7(10)5(9)4-6(12)13/h5,7,11H,4,9-10H2,1-3H3,(H,12,13). The van der Waals surface area contributed by atoms with E-state index in [-0.39, 0.29) is 23.7 Å². The molecule has 0 spiro atoms. The molecule has 0 saturated heterocycles. The second-order valence-corrected chi connectivity index (χ2v) is 4.76. The van der Waals surface area contributed by atoms with Gasteiger partial charge in [0, 0.05) is 12.0 Å². The Morgan fingerprint density at radius 2 is 1.92 bits per heavy atom. The Morgan fingerprint density at radius 3 is 2.23 bits per heavy atom. The molecule has 0 fully saturated rings. The van der Waals surface area contributed by atoms with Crippen molar-refractivity contribution in [3.8, 4) is 0 Å². The summed E-state index contributed by atoms with van der Waals surface area (Å²) in [4.78, 5) is 10.5. The first-order valence-electron chi connectivity index (χ1n) is 4.72. The fraction of sp³-hybridized carbons (Fsp3) is 0.875. The van der Waals surface area contributed by atoms with Crippen LogP contribution in [0.4, 0.5) is 0 Å². The maximum atomic E-state index is 10.5. The van der Waals surface area contributed by atoms with Gasteiger partial charge in [0.25, 0.3) is 0 Å². The summed E-state index contributed by atoms with van der Waals surface area (Å²) in [7, 11) is 3.98. The van der Waals surface area contributed by atoms with E-state index < -0.39 is 5.97 Å². The zero-order chi connectivity index (χ0) is 10.6. The summed E-state index contributed by atoms with van der Waals surface area (Å²) in [6.07, 6.45) is 0.226. The van der Waals surface area contributed by atoms with Crippen LogP contribution in [-0.4, -0.2) is 38.2 Å². The quantitative estimate of drug-likeness (QED) is 0.562. The lowest BCUT2D eigenvalue weighted by atomic mass is 9.69. The van der Waals surface area contributed by atoms with Crippen LogP contribution in [-0.2, 0) is 4.79 Å². The van der Waals surface area contributed by atoms with E-state index in [9.17, 15) is 4.79 Å². The van der Waals surface area contributed by atoms with Gasteiger partial charge in [-0.25, -0.2) is 0 Å². The van der Waals surface area contributed by atoms with E-state index in [1.807, 2.05) is 15.7 Å². The van der Waals surface area contributed by atoms with Crippen molar-refractivity contribution in [3.05, 3.63) is 0 Å². The van der Waals surface area contributed by atoms with Gasteiger partial charge in [0.2, 0.25) is 0 Å². The monoisotopic (exact) mass is 183 g/mol. The minimum absolute atomic E-state index is 0.0478. The Kier molecular flexibility index (Phi) is 4.54. The molecule has 2 N–H and O–H groups in total. The van der Waals surface area contributed by atoms with Gasteiger partial charge in [-0.15, -0.1) is 0 Å². The summed E-state index contributed by atoms with van der Waals surface area (Å²) in [6.45, 7) is 6.24. The largest absolute Gasteiger partial charge is 0.481 e. The van der Waals surface area contributed by atoms with Crippen LogP contribution in [0, 0.1) is 0 Å². The Balaban J connectivity index is 3.96. The summed E-state index contributed by atoms with van der Waals surface area (Å²) < 4.78 is 0. The molecule has 3 nitrogen and oxygen atoms in total. The highest BCUT2D eigenvalue weighted by molar-refractivity contribution is 6.22. The first-order chi connectivity index (χ1) is 5.72. The summed E-state index contributed by atoms with van der Waals surface area (Å²) in [5, 5.41) is 12.0.